The molecule has 0 aliphatic carbocycles. The summed E-state index contributed by atoms with van der Waals surface area (Å²) in [5, 5.41) is 19.2. The van der Waals surface area contributed by atoms with Crippen LogP contribution < -0.4 is 4.74 Å². The Morgan fingerprint density at radius 3 is 2.68 bits per heavy atom. The van der Waals surface area contributed by atoms with Gasteiger partial charge >= 0.3 is 0 Å². The normalized spacial score (nSPS) is 20.2. The van der Waals surface area contributed by atoms with E-state index in [1.54, 1.807) is 49.5 Å². The number of nitrogens with zero attached hydrogens (tertiary/aromatic N) is 4. The quantitative estimate of drug-likeness (QED) is 0.508. The Morgan fingerprint density at radius 2 is 1.97 bits per heavy atom. The van der Waals surface area contributed by atoms with Crippen molar-refractivity contribution in [3.05, 3.63) is 78.1 Å². The number of aromatic nitrogens is 1. The summed E-state index contributed by atoms with van der Waals surface area (Å²) in [5.74, 6) is 0.103. The minimum Gasteiger partial charge on any atom is -0.487 e. The first-order chi connectivity index (χ1) is 17.7. The van der Waals surface area contributed by atoms with Crippen LogP contribution in [0.3, 0.4) is 0 Å². The molecule has 37 heavy (non-hydrogen) atoms. The molecule has 0 radical (unpaired) electrons. The van der Waals surface area contributed by atoms with Crippen LogP contribution in [0.4, 0.5) is 0 Å². The molecule has 2 aromatic carbocycles. The maximum atomic E-state index is 13.7. The zero-order valence-electron chi connectivity index (χ0n) is 21.3. The van der Waals surface area contributed by atoms with Gasteiger partial charge in [0, 0.05) is 37.8 Å². The van der Waals surface area contributed by atoms with Crippen LogP contribution in [0.15, 0.2) is 71.8 Å². The van der Waals surface area contributed by atoms with E-state index in [2.05, 4.69) is 16.0 Å². The molecule has 0 unspecified atom stereocenters. The van der Waals surface area contributed by atoms with Gasteiger partial charge in [0.1, 0.15) is 16.7 Å². The van der Waals surface area contributed by atoms with Gasteiger partial charge in [-0.25, -0.2) is 8.42 Å². The number of benzene rings is 2. The average Bonchev–Trinajstić information content (AvgIpc) is 2.90. The highest BCUT2D eigenvalue weighted by molar-refractivity contribution is 7.89. The Labute approximate surface area is 218 Å². The monoisotopic (exact) mass is 520 g/mol. The summed E-state index contributed by atoms with van der Waals surface area (Å²) in [4.78, 5) is 6.58. The largest absolute Gasteiger partial charge is 0.487 e. The molecule has 0 saturated carbocycles. The Hall–Kier alpha value is -3.29. The number of rotatable bonds is 7. The van der Waals surface area contributed by atoms with E-state index in [0.717, 1.165) is 16.8 Å². The number of likely N-dealkylation sites (N-methyl/N-ethyl adjacent to an activating group) is 1. The Morgan fingerprint density at radius 1 is 1.19 bits per heavy atom. The van der Waals surface area contributed by atoms with E-state index in [-0.39, 0.29) is 35.8 Å². The smallest absolute Gasteiger partial charge is 0.247 e. The summed E-state index contributed by atoms with van der Waals surface area (Å²) >= 11 is 0. The maximum Gasteiger partial charge on any atom is 0.247 e. The molecular formula is C28H32N4O4S. The fourth-order valence-corrected chi connectivity index (χ4v) is 6.36. The molecule has 0 fully saturated rings. The molecule has 1 aliphatic heterocycles. The van der Waals surface area contributed by atoms with Gasteiger partial charge < -0.3 is 9.84 Å². The van der Waals surface area contributed by atoms with Crippen molar-refractivity contribution in [1.82, 2.24) is 14.2 Å². The van der Waals surface area contributed by atoms with Gasteiger partial charge in [0.2, 0.25) is 10.0 Å². The van der Waals surface area contributed by atoms with E-state index in [1.807, 2.05) is 38.2 Å². The second-order valence-electron chi connectivity index (χ2n) is 9.61. The number of pyridine rings is 1. The highest BCUT2D eigenvalue weighted by Crippen LogP contribution is 2.36. The van der Waals surface area contributed by atoms with Crippen molar-refractivity contribution in [2.45, 2.75) is 37.4 Å². The molecule has 0 spiro atoms. The summed E-state index contributed by atoms with van der Waals surface area (Å²) in [7, 11) is -1.94. The first kappa shape index (κ1) is 26.8. The molecule has 0 saturated heterocycles. The van der Waals surface area contributed by atoms with Crippen LogP contribution in [0.25, 0.3) is 11.1 Å². The fourth-order valence-electron chi connectivity index (χ4n) is 4.53. The molecule has 4 rings (SSSR count). The zero-order chi connectivity index (χ0) is 26.6. The second kappa shape index (κ2) is 11.4. The third kappa shape index (κ3) is 6.00. The van der Waals surface area contributed by atoms with Crippen molar-refractivity contribution in [3.63, 3.8) is 0 Å². The van der Waals surface area contributed by atoms with Crippen LogP contribution >= 0.6 is 0 Å². The SMILES string of the molecule is C[C@H]1CN([C@@H](C)CO)S(=O)(=O)c2ccc(-c3cccc(C#N)c3)cc2O[C@H]1CN(C)Cc1ccccn1. The van der Waals surface area contributed by atoms with Gasteiger partial charge in [0.15, 0.2) is 0 Å². The van der Waals surface area contributed by atoms with Gasteiger partial charge in [0.05, 0.1) is 23.9 Å². The summed E-state index contributed by atoms with van der Waals surface area (Å²) in [6.45, 7) is 4.78. The molecule has 9 heteroatoms. The van der Waals surface area contributed by atoms with Gasteiger partial charge in [-0.05, 0) is 61.5 Å². The lowest BCUT2D eigenvalue weighted by Gasteiger charge is -2.37. The predicted octanol–water partition coefficient (Wildman–Crippen LogP) is 3.52. The van der Waals surface area contributed by atoms with Crippen molar-refractivity contribution in [2.75, 3.05) is 26.7 Å². The number of nitriles is 1. The molecule has 0 amide bonds. The summed E-state index contributed by atoms with van der Waals surface area (Å²) in [6, 6.07) is 19.5. The van der Waals surface area contributed by atoms with E-state index in [4.69, 9.17) is 4.74 Å². The summed E-state index contributed by atoms with van der Waals surface area (Å²) in [5.41, 5.74) is 2.99. The number of hydrogen-bond donors (Lipinski definition) is 1. The molecule has 2 heterocycles. The highest BCUT2D eigenvalue weighted by atomic mass is 32.2. The highest BCUT2D eigenvalue weighted by Gasteiger charge is 2.38. The van der Waals surface area contributed by atoms with E-state index >= 15 is 0 Å². The topological polar surface area (TPSA) is 107 Å². The van der Waals surface area contributed by atoms with Crippen LogP contribution in [-0.4, -0.2) is 66.6 Å². The van der Waals surface area contributed by atoms with Gasteiger partial charge in [-0.3, -0.25) is 9.88 Å². The Balaban J connectivity index is 1.74. The number of fused-ring (bicyclic) bond motifs is 1. The second-order valence-corrected chi connectivity index (χ2v) is 11.5. The molecule has 8 nitrogen and oxygen atoms in total. The lowest BCUT2D eigenvalue weighted by molar-refractivity contribution is 0.0731. The molecule has 194 valence electrons. The Kier molecular flexibility index (Phi) is 8.25. The van der Waals surface area contributed by atoms with E-state index in [0.29, 0.717) is 18.7 Å². The fraction of sp³-hybridized carbons (Fsp3) is 0.357. The number of hydrogen-bond acceptors (Lipinski definition) is 7. The molecule has 3 aromatic rings. The molecule has 1 aromatic heterocycles. The number of ether oxygens (including phenoxy) is 1. The predicted molar refractivity (Wildman–Crippen MR) is 141 cm³/mol. The summed E-state index contributed by atoms with van der Waals surface area (Å²) < 4.78 is 35.3. The van der Waals surface area contributed by atoms with Gasteiger partial charge in [-0.2, -0.15) is 9.57 Å². The van der Waals surface area contributed by atoms with Crippen molar-refractivity contribution in [3.8, 4) is 22.9 Å². The van der Waals surface area contributed by atoms with Gasteiger partial charge in [0.25, 0.3) is 0 Å². The summed E-state index contributed by atoms with van der Waals surface area (Å²) in [6.07, 6.45) is 1.44. The number of aliphatic hydroxyl groups is 1. The van der Waals surface area contributed by atoms with Gasteiger partial charge in [-0.15, -0.1) is 0 Å². The van der Waals surface area contributed by atoms with Crippen molar-refractivity contribution in [2.24, 2.45) is 5.92 Å². The standard InChI is InChI=1S/C28H32N4O4S/c1-20-16-32(21(2)19-33)37(34,35)28-11-10-24(23-8-6-7-22(13-23)15-29)14-26(28)36-27(20)18-31(3)17-25-9-4-5-12-30-25/h4-14,20-21,27,33H,16-19H2,1-3H3/t20-,21-,27-/m0/s1. The van der Waals surface area contributed by atoms with Crippen molar-refractivity contribution < 1.29 is 18.3 Å². The van der Waals surface area contributed by atoms with Crippen molar-refractivity contribution >= 4 is 10.0 Å². The van der Waals surface area contributed by atoms with Crippen LogP contribution in [0.2, 0.25) is 0 Å². The minimum absolute atomic E-state index is 0.0669. The van der Waals surface area contributed by atoms with E-state index < -0.39 is 16.1 Å². The number of aliphatic hydroxyl groups excluding tert-OH is 1. The molecular weight excluding hydrogens is 488 g/mol. The average molecular weight is 521 g/mol. The minimum atomic E-state index is -3.93. The van der Waals surface area contributed by atoms with Crippen LogP contribution in [-0.2, 0) is 16.6 Å². The molecule has 1 aliphatic rings. The third-order valence-electron chi connectivity index (χ3n) is 6.64. The molecule has 0 bridgehead atoms. The third-order valence-corrected chi connectivity index (χ3v) is 8.66. The van der Waals surface area contributed by atoms with E-state index in [1.165, 1.54) is 4.31 Å². The van der Waals surface area contributed by atoms with E-state index in [9.17, 15) is 18.8 Å². The van der Waals surface area contributed by atoms with Crippen LogP contribution in [0.5, 0.6) is 5.75 Å². The maximum absolute atomic E-state index is 13.7. The number of sulfonamides is 1. The zero-order valence-corrected chi connectivity index (χ0v) is 22.1. The molecule has 3 atom stereocenters. The van der Waals surface area contributed by atoms with Crippen molar-refractivity contribution in [1.29, 1.82) is 5.26 Å². The Bertz CT molecular complexity index is 1370. The van der Waals surface area contributed by atoms with Gasteiger partial charge in [-0.1, -0.05) is 31.2 Å². The lowest BCUT2D eigenvalue weighted by Crippen LogP contribution is -2.49. The first-order valence-corrected chi connectivity index (χ1v) is 13.7. The molecule has 1 N–H and O–H groups in total. The first-order valence-electron chi connectivity index (χ1n) is 12.3. The lowest BCUT2D eigenvalue weighted by atomic mass is 10.0. The van der Waals surface area contributed by atoms with Crippen LogP contribution in [0, 0.1) is 17.2 Å². The van der Waals surface area contributed by atoms with Crippen LogP contribution in [0.1, 0.15) is 25.1 Å².